The Kier molecular flexibility index (Phi) is 24.6. The van der Waals surface area contributed by atoms with Crippen LogP contribution in [0.25, 0.3) is 0 Å². The molecule has 1 N–H and O–H groups in total. The zero-order valence-electron chi connectivity index (χ0n) is 22.3. The molecule has 31 heavy (non-hydrogen) atoms. The van der Waals surface area contributed by atoms with E-state index in [-0.39, 0.29) is 0 Å². The minimum atomic E-state index is -0.466. The van der Waals surface area contributed by atoms with Gasteiger partial charge < -0.3 is 5.11 Å². The van der Waals surface area contributed by atoms with Crippen molar-refractivity contribution in [3.8, 4) is 0 Å². The van der Waals surface area contributed by atoms with E-state index in [0.29, 0.717) is 0 Å². The quantitative estimate of drug-likeness (QED) is 0.133. The van der Waals surface area contributed by atoms with Crippen LogP contribution in [0.4, 0.5) is 0 Å². The van der Waals surface area contributed by atoms with Gasteiger partial charge in [0, 0.05) is 0 Å². The highest BCUT2D eigenvalue weighted by Gasteiger charge is 2.10. The lowest BCUT2D eigenvalue weighted by Crippen LogP contribution is -2.17. The summed E-state index contributed by atoms with van der Waals surface area (Å²) in [7, 11) is 0. The van der Waals surface area contributed by atoms with Gasteiger partial charge >= 0.3 is 0 Å². The van der Waals surface area contributed by atoms with E-state index < -0.39 is 5.60 Å². The minimum absolute atomic E-state index is 0.466. The van der Waals surface area contributed by atoms with Crippen LogP contribution in [-0.4, -0.2) is 10.7 Å². The Morgan fingerprint density at radius 3 is 0.742 bits per heavy atom. The smallest absolute Gasteiger partial charge is 0.0591 e. The van der Waals surface area contributed by atoms with Gasteiger partial charge in [0.15, 0.2) is 0 Å². The van der Waals surface area contributed by atoms with Crippen molar-refractivity contribution in [1.82, 2.24) is 0 Å². The number of aliphatic hydroxyl groups is 1. The molecular formula is C30H62O. The Hall–Kier alpha value is -0.0400. The van der Waals surface area contributed by atoms with Crippen molar-refractivity contribution in [2.75, 3.05) is 0 Å². The van der Waals surface area contributed by atoms with Crippen LogP contribution < -0.4 is 0 Å². The van der Waals surface area contributed by atoms with Crippen LogP contribution >= 0.6 is 0 Å². The van der Waals surface area contributed by atoms with Crippen molar-refractivity contribution in [3.63, 3.8) is 0 Å². The van der Waals surface area contributed by atoms with Gasteiger partial charge in [0.05, 0.1) is 5.60 Å². The van der Waals surface area contributed by atoms with Gasteiger partial charge in [-0.15, -0.1) is 0 Å². The molecular weight excluding hydrogens is 376 g/mol. The van der Waals surface area contributed by atoms with E-state index >= 15 is 0 Å². The predicted molar refractivity (Wildman–Crippen MR) is 142 cm³/mol. The topological polar surface area (TPSA) is 20.2 Å². The Morgan fingerprint density at radius 1 is 0.355 bits per heavy atom. The Labute approximate surface area is 198 Å². The third kappa shape index (κ3) is 30.0. The van der Waals surface area contributed by atoms with Gasteiger partial charge in [0.2, 0.25) is 0 Å². The fraction of sp³-hybridized carbons (Fsp3) is 1.00. The Bertz CT molecular complexity index is 317. The lowest BCUT2D eigenvalue weighted by molar-refractivity contribution is 0.0680. The molecule has 0 bridgehead atoms. The molecule has 0 unspecified atom stereocenters. The molecule has 1 nitrogen and oxygen atoms in total. The molecule has 188 valence electrons. The molecule has 0 saturated carbocycles. The molecule has 1 heteroatoms. The first-order chi connectivity index (χ1) is 15.1. The average Bonchev–Trinajstić information content (AvgIpc) is 2.73. The van der Waals surface area contributed by atoms with Gasteiger partial charge in [0.1, 0.15) is 0 Å². The zero-order chi connectivity index (χ0) is 22.9. The monoisotopic (exact) mass is 438 g/mol. The molecule has 0 aromatic rings. The van der Waals surface area contributed by atoms with Gasteiger partial charge in [-0.2, -0.15) is 0 Å². The van der Waals surface area contributed by atoms with Crippen molar-refractivity contribution < 1.29 is 5.11 Å². The highest BCUT2D eigenvalue weighted by Crippen LogP contribution is 2.17. The van der Waals surface area contributed by atoms with Crippen molar-refractivity contribution >= 4 is 0 Å². The summed E-state index contributed by atoms with van der Waals surface area (Å²) < 4.78 is 0. The highest BCUT2D eigenvalue weighted by molar-refractivity contribution is 4.64. The van der Waals surface area contributed by atoms with Crippen LogP contribution in [0.5, 0.6) is 0 Å². The Morgan fingerprint density at radius 2 is 0.548 bits per heavy atom. The van der Waals surface area contributed by atoms with Crippen LogP contribution in [0.2, 0.25) is 0 Å². The van der Waals surface area contributed by atoms with Crippen molar-refractivity contribution in [1.29, 1.82) is 0 Å². The van der Waals surface area contributed by atoms with Crippen LogP contribution in [0.15, 0.2) is 0 Å². The third-order valence-corrected chi connectivity index (χ3v) is 6.89. The van der Waals surface area contributed by atoms with Gasteiger partial charge in [-0.05, 0) is 20.3 Å². The summed E-state index contributed by atoms with van der Waals surface area (Å²) in [6, 6.07) is 0. The summed E-state index contributed by atoms with van der Waals surface area (Å²) in [5.74, 6) is 0. The third-order valence-electron chi connectivity index (χ3n) is 6.89. The highest BCUT2D eigenvalue weighted by atomic mass is 16.3. The minimum Gasteiger partial charge on any atom is -0.390 e. The zero-order valence-corrected chi connectivity index (χ0v) is 22.3. The first kappa shape index (κ1) is 31.0. The normalized spacial score (nSPS) is 12.0. The maximum absolute atomic E-state index is 9.70. The second-order valence-electron chi connectivity index (χ2n) is 11.0. The fourth-order valence-electron chi connectivity index (χ4n) is 4.70. The van der Waals surface area contributed by atoms with E-state index in [2.05, 4.69) is 6.92 Å². The summed E-state index contributed by atoms with van der Waals surface area (Å²) in [6.45, 7) is 6.15. The SMILES string of the molecule is CCCCCCCCCCCCCCCCCCCCCCCCCCCC(C)(C)O. The van der Waals surface area contributed by atoms with Gasteiger partial charge in [-0.1, -0.05) is 167 Å². The molecule has 0 aliphatic rings. The molecule has 0 spiro atoms. The van der Waals surface area contributed by atoms with E-state index in [1.807, 2.05) is 13.8 Å². The molecule has 0 radical (unpaired) electrons. The molecule has 0 aliphatic heterocycles. The van der Waals surface area contributed by atoms with Crippen molar-refractivity contribution in [2.24, 2.45) is 0 Å². The molecule has 0 aromatic carbocycles. The van der Waals surface area contributed by atoms with Crippen LogP contribution in [0, 0.1) is 0 Å². The summed E-state index contributed by atoms with van der Waals surface area (Å²) in [5.41, 5.74) is -0.466. The molecule has 0 heterocycles. The molecule has 0 amide bonds. The lowest BCUT2D eigenvalue weighted by Gasteiger charge is -2.16. The molecule has 0 rings (SSSR count). The van der Waals surface area contributed by atoms with E-state index in [4.69, 9.17) is 0 Å². The van der Waals surface area contributed by atoms with E-state index in [0.717, 1.165) is 6.42 Å². The van der Waals surface area contributed by atoms with E-state index in [1.165, 1.54) is 161 Å². The molecule has 0 saturated heterocycles. The lowest BCUT2D eigenvalue weighted by atomic mass is 9.99. The molecule has 0 fully saturated rings. The van der Waals surface area contributed by atoms with E-state index in [1.54, 1.807) is 0 Å². The standard InChI is InChI=1S/C30H62O/c1-4-5-6-7-8-9-10-11-12-13-14-15-16-17-18-19-20-21-22-23-24-25-26-27-28-29-30(2,3)31/h31H,4-29H2,1-3H3. The Balaban J connectivity index is 3.02. The number of hydrogen-bond acceptors (Lipinski definition) is 1. The summed E-state index contributed by atoms with van der Waals surface area (Å²) in [6.07, 6.45) is 36.9. The largest absolute Gasteiger partial charge is 0.390 e. The number of hydrogen-bond donors (Lipinski definition) is 1. The molecule has 0 aromatic heterocycles. The number of unbranched alkanes of at least 4 members (excludes halogenated alkanes) is 24. The average molecular weight is 439 g/mol. The maximum Gasteiger partial charge on any atom is 0.0591 e. The van der Waals surface area contributed by atoms with Crippen LogP contribution in [-0.2, 0) is 0 Å². The first-order valence-corrected chi connectivity index (χ1v) is 14.8. The number of rotatable bonds is 26. The van der Waals surface area contributed by atoms with Gasteiger partial charge in [0.25, 0.3) is 0 Å². The maximum atomic E-state index is 9.70. The molecule has 0 aliphatic carbocycles. The summed E-state index contributed by atoms with van der Waals surface area (Å²) >= 11 is 0. The summed E-state index contributed by atoms with van der Waals surface area (Å²) in [4.78, 5) is 0. The van der Waals surface area contributed by atoms with E-state index in [9.17, 15) is 5.11 Å². The van der Waals surface area contributed by atoms with Crippen LogP contribution in [0.3, 0.4) is 0 Å². The fourth-order valence-corrected chi connectivity index (χ4v) is 4.70. The van der Waals surface area contributed by atoms with Gasteiger partial charge in [-0.25, -0.2) is 0 Å². The molecule has 0 atom stereocenters. The second kappa shape index (κ2) is 24.6. The van der Waals surface area contributed by atoms with Gasteiger partial charge in [-0.3, -0.25) is 0 Å². The first-order valence-electron chi connectivity index (χ1n) is 14.8. The van der Waals surface area contributed by atoms with Crippen molar-refractivity contribution in [3.05, 3.63) is 0 Å². The van der Waals surface area contributed by atoms with Crippen LogP contribution in [0.1, 0.15) is 188 Å². The predicted octanol–water partition coefficient (Wildman–Crippen LogP) is 10.9. The van der Waals surface area contributed by atoms with Crippen molar-refractivity contribution in [2.45, 2.75) is 193 Å². The summed E-state index contributed by atoms with van der Waals surface area (Å²) in [5, 5.41) is 9.70. The second-order valence-corrected chi connectivity index (χ2v) is 11.0.